The van der Waals surface area contributed by atoms with Gasteiger partial charge in [-0.25, -0.2) is 18.1 Å². The minimum absolute atomic E-state index is 0.0170. The van der Waals surface area contributed by atoms with E-state index in [0.717, 1.165) is 6.54 Å². The molecule has 108 valence electrons. The molecule has 0 spiro atoms. The fraction of sp³-hybridized carbons (Fsp3) is 0.545. The summed E-state index contributed by atoms with van der Waals surface area (Å²) < 4.78 is 26.8. The molecule has 3 N–H and O–H groups in total. The van der Waals surface area contributed by atoms with Gasteiger partial charge in [-0.2, -0.15) is 0 Å². The second-order valence-corrected chi connectivity index (χ2v) is 6.77. The van der Waals surface area contributed by atoms with Gasteiger partial charge < -0.3 is 10.6 Å². The van der Waals surface area contributed by atoms with Crippen LogP contribution in [0.4, 0.5) is 5.82 Å². The number of nitrogens with one attached hydrogen (secondary N) is 1. The molecule has 0 radical (unpaired) electrons. The van der Waals surface area contributed by atoms with Crippen LogP contribution < -0.4 is 10.5 Å². The van der Waals surface area contributed by atoms with Gasteiger partial charge >= 0.3 is 0 Å². The van der Waals surface area contributed by atoms with Gasteiger partial charge in [-0.15, -0.1) is 0 Å². The summed E-state index contributed by atoms with van der Waals surface area (Å²) in [6.07, 6.45) is 1.91. The number of aromatic nitrogens is 1. The minimum atomic E-state index is -3.62. The van der Waals surface area contributed by atoms with Crippen molar-refractivity contribution >= 4 is 27.4 Å². The predicted octanol–water partition coefficient (Wildman–Crippen LogP) is 0.936. The summed E-state index contributed by atoms with van der Waals surface area (Å²) in [5.41, 5.74) is 5.45. The van der Waals surface area contributed by atoms with Gasteiger partial charge in [0.2, 0.25) is 10.0 Å². The highest BCUT2D eigenvalue weighted by atomic mass is 35.5. The lowest BCUT2D eigenvalue weighted by atomic mass is 10.2. The lowest BCUT2D eigenvalue weighted by Gasteiger charge is -2.16. The van der Waals surface area contributed by atoms with E-state index in [9.17, 15) is 8.42 Å². The van der Waals surface area contributed by atoms with Gasteiger partial charge in [-0.1, -0.05) is 11.6 Å². The van der Waals surface area contributed by atoms with Crippen LogP contribution in [0.3, 0.4) is 0 Å². The average Bonchev–Trinajstić information content (AvgIpc) is 2.29. The number of anilines is 1. The minimum Gasteiger partial charge on any atom is -0.382 e. The molecule has 0 fully saturated rings. The molecule has 8 heteroatoms. The number of nitrogens with zero attached hydrogens (tertiary/aromatic N) is 2. The van der Waals surface area contributed by atoms with Gasteiger partial charge in [0, 0.05) is 12.2 Å². The fourth-order valence-corrected chi connectivity index (χ4v) is 2.90. The standard InChI is InChI=1S/C11H19ClN4O2S/c1-8(4-5-16(2)3)15-19(17,18)9-6-10(12)11(13)14-7-9/h6-8,15H,4-5H2,1-3H3,(H2,13,14). The Bertz CT molecular complexity index is 533. The maximum absolute atomic E-state index is 12.1. The average molecular weight is 307 g/mol. The van der Waals surface area contributed by atoms with Crippen molar-refractivity contribution in [2.45, 2.75) is 24.3 Å². The molecule has 0 aliphatic heterocycles. The van der Waals surface area contributed by atoms with Crippen LogP contribution in [0.5, 0.6) is 0 Å². The maximum atomic E-state index is 12.1. The zero-order valence-corrected chi connectivity index (χ0v) is 12.8. The summed E-state index contributed by atoms with van der Waals surface area (Å²) in [6, 6.07) is 1.12. The number of nitrogen functional groups attached to an aromatic ring is 1. The largest absolute Gasteiger partial charge is 0.382 e. The van der Waals surface area contributed by atoms with Gasteiger partial charge in [-0.3, -0.25) is 0 Å². The van der Waals surface area contributed by atoms with E-state index in [1.54, 1.807) is 0 Å². The van der Waals surface area contributed by atoms with Crippen LogP contribution in [0.15, 0.2) is 17.2 Å². The SMILES string of the molecule is CC(CCN(C)C)NS(=O)(=O)c1cnc(N)c(Cl)c1. The van der Waals surface area contributed by atoms with Gasteiger partial charge in [0.1, 0.15) is 10.7 Å². The fourth-order valence-electron chi connectivity index (χ4n) is 1.42. The molecule has 1 rings (SSSR count). The van der Waals surface area contributed by atoms with Crippen LogP contribution in [-0.2, 0) is 10.0 Å². The number of rotatable bonds is 6. The Balaban J connectivity index is 2.77. The Hall–Kier alpha value is -0.890. The summed E-state index contributed by atoms with van der Waals surface area (Å²) in [7, 11) is 0.253. The van der Waals surface area contributed by atoms with Crippen LogP contribution in [0.1, 0.15) is 13.3 Å². The van der Waals surface area contributed by atoms with E-state index in [2.05, 4.69) is 9.71 Å². The second-order valence-electron chi connectivity index (χ2n) is 4.65. The molecule has 1 aromatic heterocycles. The summed E-state index contributed by atoms with van der Waals surface area (Å²) in [5, 5.41) is 0.129. The lowest BCUT2D eigenvalue weighted by Crippen LogP contribution is -2.34. The van der Waals surface area contributed by atoms with Crippen LogP contribution in [0.2, 0.25) is 5.02 Å². The molecule has 6 nitrogen and oxygen atoms in total. The third kappa shape index (κ3) is 4.94. The van der Waals surface area contributed by atoms with Gasteiger partial charge in [0.25, 0.3) is 0 Å². The second kappa shape index (κ2) is 6.51. The molecular formula is C11H19ClN4O2S. The normalized spacial score (nSPS) is 13.7. The number of pyridine rings is 1. The maximum Gasteiger partial charge on any atom is 0.242 e. The molecule has 0 saturated carbocycles. The molecule has 1 heterocycles. The first-order valence-electron chi connectivity index (χ1n) is 5.80. The first kappa shape index (κ1) is 16.2. The molecule has 0 bridgehead atoms. The van der Waals surface area contributed by atoms with Gasteiger partial charge in [0.15, 0.2) is 0 Å². The first-order chi connectivity index (χ1) is 8.72. The monoisotopic (exact) mass is 306 g/mol. The third-order valence-corrected chi connectivity index (χ3v) is 4.38. The highest BCUT2D eigenvalue weighted by molar-refractivity contribution is 7.89. The zero-order valence-electron chi connectivity index (χ0n) is 11.2. The van der Waals surface area contributed by atoms with E-state index in [1.807, 2.05) is 25.9 Å². The highest BCUT2D eigenvalue weighted by Gasteiger charge is 2.18. The number of sulfonamides is 1. The Kier molecular flexibility index (Phi) is 5.54. The van der Waals surface area contributed by atoms with E-state index < -0.39 is 10.0 Å². The summed E-state index contributed by atoms with van der Waals surface area (Å²) in [4.78, 5) is 5.75. The summed E-state index contributed by atoms with van der Waals surface area (Å²) in [5.74, 6) is 0.112. The quantitative estimate of drug-likeness (QED) is 0.816. The predicted molar refractivity (Wildman–Crippen MR) is 76.6 cm³/mol. The van der Waals surface area contributed by atoms with E-state index in [0.29, 0.717) is 6.42 Å². The molecule has 0 aliphatic carbocycles. The van der Waals surface area contributed by atoms with Crippen molar-refractivity contribution in [2.75, 3.05) is 26.4 Å². The molecule has 0 aliphatic rings. The molecule has 19 heavy (non-hydrogen) atoms. The first-order valence-corrected chi connectivity index (χ1v) is 7.66. The Labute approximate surface area is 119 Å². The van der Waals surface area contributed by atoms with Crippen molar-refractivity contribution < 1.29 is 8.42 Å². The molecule has 0 saturated heterocycles. The number of hydrogen-bond acceptors (Lipinski definition) is 5. The number of nitrogens with two attached hydrogens (primary N) is 1. The molecule has 0 amide bonds. The number of halogens is 1. The van der Waals surface area contributed by atoms with E-state index in [1.165, 1.54) is 12.3 Å². The van der Waals surface area contributed by atoms with Crippen LogP contribution in [0, 0.1) is 0 Å². The Morgan fingerprint density at radius 1 is 1.53 bits per heavy atom. The van der Waals surface area contributed by atoms with Gasteiger partial charge in [0.05, 0.1) is 5.02 Å². The van der Waals surface area contributed by atoms with E-state index >= 15 is 0 Å². The topological polar surface area (TPSA) is 88.3 Å². The lowest BCUT2D eigenvalue weighted by molar-refractivity contribution is 0.379. The van der Waals surface area contributed by atoms with E-state index in [-0.39, 0.29) is 21.8 Å². The van der Waals surface area contributed by atoms with Crippen molar-refractivity contribution in [2.24, 2.45) is 0 Å². The molecule has 0 aromatic carbocycles. The van der Waals surface area contributed by atoms with Crippen LogP contribution in [0.25, 0.3) is 0 Å². The molecular weight excluding hydrogens is 288 g/mol. The van der Waals surface area contributed by atoms with Crippen molar-refractivity contribution in [1.29, 1.82) is 0 Å². The number of hydrogen-bond donors (Lipinski definition) is 2. The van der Waals surface area contributed by atoms with Crippen LogP contribution >= 0.6 is 11.6 Å². The zero-order chi connectivity index (χ0) is 14.6. The van der Waals surface area contributed by atoms with Crippen LogP contribution in [-0.4, -0.2) is 45.0 Å². The molecule has 1 aromatic rings. The highest BCUT2D eigenvalue weighted by Crippen LogP contribution is 2.19. The summed E-state index contributed by atoms with van der Waals surface area (Å²) in [6.45, 7) is 2.61. The van der Waals surface area contributed by atoms with Crippen molar-refractivity contribution in [3.8, 4) is 0 Å². The van der Waals surface area contributed by atoms with Gasteiger partial charge in [-0.05, 0) is 40.1 Å². The Morgan fingerprint density at radius 3 is 2.68 bits per heavy atom. The van der Waals surface area contributed by atoms with Crippen molar-refractivity contribution in [3.63, 3.8) is 0 Å². The van der Waals surface area contributed by atoms with Crippen molar-refractivity contribution in [3.05, 3.63) is 17.3 Å². The molecule has 1 atom stereocenters. The molecule has 1 unspecified atom stereocenters. The third-order valence-electron chi connectivity index (χ3n) is 2.52. The van der Waals surface area contributed by atoms with Crippen molar-refractivity contribution in [1.82, 2.24) is 14.6 Å². The van der Waals surface area contributed by atoms with E-state index in [4.69, 9.17) is 17.3 Å². The Morgan fingerprint density at radius 2 is 2.16 bits per heavy atom. The smallest absolute Gasteiger partial charge is 0.242 e. The summed E-state index contributed by atoms with van der Waals surface area (Å²) >= 11 is 5.77.